The molecule has 0 amide bonds. The summed E-state index contributed by atoms with van der Waals surface area (Å²) in [5.74, 6) is 1.32. The third-order valence-corrected chi connectivity index (χ3v) is 2.89. The van der Waals surface area contributed by atoms with Crippen molar-refractivity contribution in [2.75, 3.05) is 12.4 Å². The maximum Gasteiger partial charge on any atom is 0.122 e. The summed E-state index contributed by atoms with van der Waals surface area (Å²) >= 11 is 1.78. The van der Waals surface area contributed by atoms with E-state index < -0.39 is 0 Å². The zero-order chi connectivity index (χ0) is 9.10. The van der Waals surface area contributed by atoms with E-state index in [1.807, 2.05) is 24.3 Å². The maximum absolute atomic E-state index is 9.50. The van der Waals surface area contributed by atoms with Crippen LogP contribution in [0.25, 0.3) is 6.08 Å². The van der Waals surface area contributed by atoms with Crippen LogP contribution in [0.5, 0.6) is 5.75 Å². The number of phenols is 1. The SMILES string of the molecule is Oc1ccccc1C=C1CNCS1. The van der Waals surface area contributed by atoms with Gasteiger partial charge in [0.25, 0.3) is 0 Å². The number of nitrogens with one attached hydrogen (secondary N) is 1. The normalized spacial score (nSPS) is 19.5. The van der Waals surface area contributed by atoms with Crippen molar-refractivity contribution in [1.82, 2.24) is 5.32 Å². The molecule has 2 N–H and O–H groups in total. The first kappa shape index (κ1) is 8.66. The fourth-order valence-corrected chi connectivity index (χ4v) is 2.05. The van der Waals surface area contributed by atoms with Gasteiger partial charge in [0.15, 0.2) is 0 Å². The molecule has 0 atom stereocenters. The van der Waals surface area contributed by atoms with Crippen LogP contribution >= 0.6 is 11.8 Å². The van der Waals surface area contributed by atoms with E-state index in [-0.39, 0.29) is 0 Å². The van der Waals surface area contributed by atoms with Crippen LogP contribution in [0.4, 0.5) is 0 Å². The zero-order valence-corrected chi connectivity index (χ0v) is 7.97. The van der Waals surface area contributed by atoms with Gasteiger partial charge in [0.05, 0.1) is 0 Å². The van der Waals surface area contributed by atoms with E-state index in [9.17, 15) is 5.11 Å². The monoisotopic (exact) mass is 193 g/mol. The second-order valence-electron chi connectivity index (χ2n) is 2.88. The van der Waals surface area contributed by atoms with E-state index >= 15 is 0 Å². The highest BCUT2D eigenvalue weighted by Crippen LogP contribution is 2.25. The minimum absolute atomic E-state index is 0.350. The molecule has 0 aromatic heterocycles. The Hall–Kier alpha value is -0.930. The van der Waals surface area contributed by atoms with Gasteiger partial charge in [-0.3, -0.25) is 0 Å². The Labute approximate surface area is 81.7 Å². The van der Waals surface area contributed by atoms with Gasteiger partial charge in [0.1, 0.15) is 5.75 Å². The summed E-state index contributed by atoms with van der Waals surface area (Å²) < 4.78 is 0. The molecule has 1 aliphatic rings. The van der Waals surface area contributed by atoms with Gasteiger partial charge >= 0.3 is 0 Å². The van der Waals surface area contributed by atoms with Crippen LogP contribution in [0.2, 0.25) is 0 Å². The number of hydrogen-bond donors (Lipinski definition) is 2. The summed E-state index contributed by atoms with van der Waals surface area (Å²) in [4.78, 5) is 1.28. The Morgan fingerprint density at radius 3 is 2.92 bits per heavy atom. The molecule has 0 spiro atoms. The van der Waals surface area contributed by atoms with Crippen LogP contribution < -0.4 is 5.32 Å². The predicted octanol–water partition coefficient (Wildman–Crippen LogP) is 2.03. The fraction of sp³-hybridized carbons (Fsp3) is 0.200. The maximum atomic E-state index is 9.50. The number of thioether (sulfide) groups is 1. The third-order valence-electron chi connectivity index (χ3n) is 1.91. The molecule has 1 aromatic rings. The Balaban J connectivity index is 2.25. The quantitative estimate of drug-likeness (QED) is 0.715. The predicted molar refractivity (Wildman–Crippen MR) is 56.5 cm³/mol. The summed E-state index contributed by atoms with van der Waals surface area (Å²) in [6, 6.07) is 7.39. The van der Waals surface area contributed by atoms with E-state index in [0.717, 1.165) is 18.0 Å². The molecular weight excluding hydrogens is 182 g/mol. The number of phenolic OH excluding ortho intramolecular Hbond substituents is 1. The van der Waals surface area contributed by atoms with Crippen molar-refractivity contribution in [1.29, 1.82) is 0 Å². The number of benzene rings is 1. The minimum Gasteiger partial charge on any atom is -0.507 e. The molecule has 0 aliphatic carbocycles. The Morgan fingerprint density at radius 2 is 2.23 bits per heavy atom. The highest BCUT2D eigenvalue weighted by Gasteiger charge is 2.06. The van der Waals surface area contributed by atoms with E-state index in [1.54, 1.807) is 17.8 Å². The van der Waals surface area contributed by atoms with Crippen molar-refractivity contribution < 1.29 is 5.11 Å². The number of rotatable bonds is 1. The number of aromatic hydroxyl groups is 1. The lowest BCUT2D eigenvalue weighted by Crippen LogP contribution is -2.04. The molecule has 2 nitrogen and oxygen atoms in total. The van der Waals surface area contributed by atoms with Gasteiger partial charge in [-0.15, -0.1) is 11.8 Å². The van der Waals surface area contributed by atoms with E-state index in [2.05, 4.69) is 5.32 Å². The van der Waals surface area contributed by atoms with Gasteiger partial charge in [0.2, 0.25) is 0 Å². The second kappa shape index (κ2) is 3.85. The van der Waals surface area contributed by atoms with Gasteiger partial charge in [0, 0.05) is 22.9 Å². The van der Waals surface area contributed by atoms with Crippen molar-refractivity contribution in [2.24, 2.45) is 0 Å². The van der Waals surface area contributed by atoms with Gasteiger partial charge in [-0.05, 0) is 12.1 Å². The molecule has 0 bridgehead atoms. The van der Waals surface area contributed by atoms with Crippen LogP contribution in [0.15, 0.2) is 29.2 Å². The third kappa shape index (κ3) is 2.05. The van der Waals surface area contributed by atoms with Crippen LogP contribution in [-0.4, -0.2) is 17.5 Å². The lowest BCUT2D eigenvalue weighted by Gasteiger charge is -1.98. The fourth-order valence-electron chi connectivity index (χ4n) is 1.24. The summed E-state index contributed by atoms with van der Waals surface area (Å²) in [6.45, 7) is 0.916. The summed E-state index contributed by atoms with van der Waals surface area (Å²) in [5, 5.41) is 12.7. The first-order valence-corrected chi connectivity index (χ1v) is 5.17. The zero-order valence-electron chi connectivity index (χ0n) is 7.16. The summed E-state index contributed by atoms with van der Waals surface area (Å²) in [5.41, 5.74) is 0.897. The molecule has 1 saturated heterocycles. The first-order valence-electron chi connectivity index (χ1n) is 4.18. The lowest BCUT2D eigenvalue weighted by atomic mass is 10.2. The van der Waals surface area contributed by atoms with Crippen molar-refractivity contribution in [2.45, 2.75) is 0 Å². The van der Waals surface area contributed by atoms with Crippen LogP contribution in [0.1, 0.15) is 5.56 Å². The lowest BCUT2D eigenvalue weighted by molar-refractivity contribution is 0.474. The van der Waals surface area contributed by atoms with E-state index in [0.29, 0.717) is 5.75 Å². The molecule has 2 rings (SSSR count). The molecule has 13 heavy (non-hydrogen) atoms. The Kier molecular flexibility index (Phi) is 2.57. The van der Waals surface area contributed by atoms with Gasteiger partial charge in [-0.1, -0.05) is 18.2 Å². The number of hydrogen-bond acceptors (Lipinski definition) is 3. The topological polar surface area (TPSA) is 32.3 Å². The largest absolute Gasteiger partial charge is 0.507 e. The molecule has 0 unspecified atom stereocenters. The van der Waals surface area contributed by atoms with Crippen LogP contribution in [-0.2, 0) is 0 Å². The average molecular weight is 193 g/mol. The van der Waals surface area contributed by atoms with Gasteiger partial charge < -0.3 is 10.4 Å². The first-order chi connectivity index (χ1) is 6.36. The number of para-hydroxylation sites is 1. The van der Waals surface area contributed by atoms with Crippen LogP contribution in [0, 0.1) is 0 Å². The van der Waals surface area contributed by atoms with E-state index in [1.165, 1.54) is 4.91 Å². The molecule has 1 aliphatic heterocycles. The van der Waals surface area contributed by atoms with Crippen molar-refractivity contribution in [3.8, 4) is 5.75 Å². The summed E-state index contributed by atoms with van der Waals surface area (Å²) in [7, 11) is 0. The molecule has 3 heteroatoms. The standard InChI is InChI=1S/C10H11NOS/c12-10-4-2-1-3-8(10)5-9-6-11-7-13-9/h1-5,11-12H,6-7H2. The molecule has 0 saturated carbocycles. The highest BCUT2D eigenvalue weighted by atomic mass is 32.2. The Bertz CT molecular complexity index is 327. The van der Waals surface area contributed by atoms with E-state index in [4.69, 9.17) is 0 Å². The molecular formula is C10H11NOS. The molecule has 68 valence electrons. The van der Waals surface area contributed by atoms with Crippen molar-refractivity contribution >= 4 is 17.8 Å². The molecule has 1 fully saturated rings. The van der Waals surface area contributed by atoms with Crippen LogP contribution in [0.3, 0.4) is 0 Å². The summed E-state index contributed by atoms with van der Waals surface area (Å²) in [6.07, 6.45) is 2.03. The Morgan fingerprint density at radius 1 is 1.38 bits per heavy atom. The van der Waals surface area contributed by atoms with Gasteiger partial charge in [-0.25, -0.2) is 0 Å². The molecule has 1 heterocycles. The molecule has 1 aromatic carbocycles. The smallest absolute Gasteiger partial charge is 0.122 e. The highest BCUT2D eigenvalue weighted by molar-refractivity contribution is 8.03. The average Bonchev–Trinajstić information content (AvgIpc) is 2.61. The molecule has 0 radical (unpaired) electrons. The van der Waals surface area contributed by atoms with Crippen molar-refractivity contribution in [3.63, 3.8) is 0 Å². The minimum atomic E-state index is 0.350. The van der Waals surface area contributed by atoms with Crippen molar-refractivity contribution in [3.05, 3.63) is 34.7 Å². The second-order valence-corrected chi connectivity index (χ2v) is 3.99. The van der Waals surface area contributed by atoms with Gasteiger partial charge in [-0.2, -0.15) is 0 Å².